The van der Waals surface area contributed by atoms with Gasteiger partial charge in [0.05, 0.1) is 6.61 Å². The summed E-state index contributed by atoms with van der Waals surface area (Å²) in [5.41, 5.74) is 1.89. The highest BCUT2D eigenvalue weighted by Crippen LogP contribution is 2.26. The van der Waals surface area contributed by atoms with Gasteiger partial charge in [0.15, 0.2) is 5.69 Å². The molecule has 0 amide bonds. The molecule has 0 radical (unpaired) electrons. The molecule has 2 rings (SSSR count). The van der Waals surface area contributed by atoms with Crippen molar-refractivity contribution in [2.45, 2.75) is 51.6 Å². The summed E-state index contributed by atoms with van der Waals surface area (Å²) in [6, 6.07) is 7.02. The fourth-order valence-electron chi connectivity index (χ4n) is 2.78. The SMILES string of the molecule is CCCCc1nc(SCC)c(C(=O)OCC)n1Cc1ccc(B(O)O)cc1. The van der Waals surface area contributed by atoms with Crippen LogP contribution in [0, 0.1) is 0 Å². The number of rotatable bonds is 10. The molecule has 1 aromatic heterocycles. The van der Waals surface area contributed by atoms with Crippen LogP contribution >= 0.6 is 11.8 Å². The number of ether oxygens (including phenoxy) is 1. The Labute approximate surface area is 165 Å². The molecule has 0 fully saturated rings. The topological polar surface area (TPSA) is 84.6 Å². The van der Waals surface area contributed by atoms with Gasteiger partial charge in [-0.05, 0) is 30.1 Å². The molecule has 146 valence electrons. The van der Waals surface area contributed by atoms with Crippen molar-refractivity contribution in [3.8, 4) is 0 Å². The van der Waals surface area contributed by atoms with Crippen molar-refractivity contribution in [3.05, 3.63) is 41.3 Å². The molecule has 2 aromatic rings. The van der Waals surface area contributed by atoms with Gasteiger partial charge in [0.1, 0.15) is 10.9 Å². The highest BCUT2D eigenvalue weighted by molar-refractivity contribution is 7.99. The third kappa shape index (κ3) is 5.60. The number of esters is 1. The van der Waals surface area contributed by atoms with Crippen LogP contribution in [0.15, 0.2) is 29.3 Å². The first-order valence-electron chi connectivity index (χ1n) is 9.36. The highest BCUT2D eigenvalue weighted by Gasteiger charge is 2.24. The molecule has 0 aliphatic carbocycles. The molecule has 0 saturated heterocycles. The van der Waals surface area contributed by atoms with Crippen LogP contribution in [-0.2, 0) is 17.7 Å². The Morgan fingerprint density at radius 1 is 1.22 bits per heavy atom. The number of aromatic nitrogens is 2. The van der Waals surface area contributed by atoms with Gasteiger partial charge in [-0.15, -0.1) is 11.8 Å². The van der Waals surface area contributed by atoms with Crippen molar-refractivity contribution < 1.29 is 19.6 Å². The number of carbonyl (C=O) groups is 1. The van der Waals surface area contributed by atoms with E-state index >= 15 is 0 Å². The van der Waals surface area contributed by atoms with Crippen LogP contribution in [-0.4, -0.2) is 45.0 Å². The first-order valence-corrected chi connectivity index (χ1v) is 10.3. The van der Waals surface area contributed by atoms with Gasteiger partial charge < -0.3 is 19.4 Å². The smallest absolute Gasteiger partial charge is 0.461 e. The van der Waals surface area contributed by atoms with E-state index in [1.165, 1.54) is 0 Å². The quantitative estimate of drug-likeness (QED) is 0.368. The molecule has 0 aliphatic rings. The number of nitrogens with zero attached hydrogens (tertiary/aromatic N) is 2. The van der Waals surface area contributed by atoms with Gasteiger partial charge in [0.2, 0.25) is 0 Å². The molecule has 0 atom stereocenters. The minimum Gasteiger partial charge on any atom is -0.461 e. The first-order chi connectivity index (χ1) is 13.0. The van der Waals surface area contributed by atoms with Crippen molar-refractivity contribution in [2.24, 2.45) is 0 Å². The van der Waals surface area contributed by atoms with E-state index in [2.05, 4.69) is 6.92 Å². The average Bonchev–Trinajstić information content (AvgIpc) is 2.98. The number of hydrogen-bond acceptors (Lipinski definition) is 6. The summed E-state index contributed by atoms with van der Waals surface area (Å²) in [7, 11) is -1.49. The number of imidazole rings is 1. The van der Waals surface area contributed by atoms with Gasteiger partial charge in [-0.25, -0.2) is 9.78 Å². The summed E-state index contributed by atoms with van der Waals surface area (Å²) < 4.78 is 7.22. The predicted octanol–water partition coefficient (Wildman–Crippen LogP) is 2.24. The maximum Gasteiger partial charge on any atom is 0.488 e. The average molecular weight is 390 g/mol. The fourth-order valence-corrected chi connectivity index (χ4v) is 3.56. The highest BCUT2D eigenvalue weighted by atomic mass is 32.2. The van der Waals surface area contributed by atoms with Crippen LogP contribution in [0.3, 0.4) is 0 Å². The molecule has 8 heteroatoms. The number of hydrogen-bond donors (Lipinski definition) is 2. The molecule has 0 bridgehead atoms. The molecule has 27 heavy (non-hydrogen) atoms. The van der Waals surface area contributed by atoms with Crippen LogP contribution in [0.2, 0.25) is 0 Å². The maximum atomic E-state index is 12.6. The van der Waals surface area contributed by atoms with Crippen LogP contribution in [0.1, 0.15) is 55.5 Å². The second-order valence-corrected chi connectivity index (χ2v) is 7.39. The van der Waals surface area contributed by atoms with Gasteiger partial charge in [0.25, 0.3) is 0 Å². The zero-order chi connectivity index (χ0) is 19.8. The predicted molar refractivity (Wildman–Crippen MR) is 109 cm³/mol. The largest absolute Gasteiger partial charge is 0.488 e. The van der Waals surface area contributed by atoms with Crippen molar-refractivity contribution in [3.63, 3.8) is 0 Å². The van der Waals surface area contributed by atoms with E-state index in [4.69, 9.17) is 9.72 Å². The molecule has 1 aromatic carbocycles. The number of thioether (sulfide) groups is 1. The molecule has 6 nitrogen and oxygen atoms in total. The summed E-state index contributed by atoms with van der Waals surface area (Å²) in [4.78, 5) is 17.3. The Morgan fingerprint density at radius 3 is 2.48 bits per heavy atom. The third-order valence-corrected chi connectivity index (χ3v) is 4.98. The third-order valence-electron chi connectivity index (χ3n) is 4.14. The van der Waals surface area contributed by atoms with Crippen molar-refractivity contribution in [1.82, 2.24) is 9.55 Å². The Bertz CT molecular complexity index is 747. The van der Waals surface area contributed by atoms with E-state index < -0.39 is 7.12 Å². The standard InChI is InChI=1S/C19H27BN2O4S/c1-4-7-8-16-21-18(27-6-3)17(19(23)26-5-2)22(16)13-14-9-11-15(12-10-14)20(24)25/h9-12,24-25H,4-8,13H2,1-3H3. The lowest BCUT2D eigenvalue weighted by atomic mass is 9.80. The number of aryl methyl sites for hydroxylation is 1. The molecule has 1 heterocycles. The summed E-state index contributed by atoms with van der Waals surface area (Å²) in [6.07, 6.45) is 2.83. The normalized spacial score (nSPS) is 10.9. The molecular formula is C19H27BN2O4S. The zero-order valence-corrected chi connectivity index (χ0v) is 17.0. The first kappa shape index (κ1) is 21.5. The Balaban J connectivity index is 2.43. The second kappa shape index (κ2) is 10.5. The Hall–Kier alpha value is -1.77. The zero-order valence-electron chi connectivity index (χ0n) is 16.1. The molecule has 2 N–H and O–H groups in total. The van der Waals surface area contributed by atoms with E-state index in [0.717, 1.165) is 36.4 Å². The van der Waals surface area contributed by atoms with E-state index in [1.807, 2.05) is 23.6 Å². The minimum absolute atomic E-state index is 0.313. The van der Waals surface area contributed by atoms with Gasteiger partial charge in [-0.2, -0.15) is 0 Å². The molecular weight excluding hydrogens is 363 g/mol. The Kier molecular flexibility index (Phi) is 8.41. The van der Waals surface area contributed by atoms with Crippen LogP contribution < -0.4 is 5.46 Å². The summed E-state index contributed by atoms with van der Waals surface area (Å²) in [5.74, 6) is 1.34. The Morgan fingerprint density at radius 2 is 1.93 bits per heavy atom. The fraction of sp³-hybridized carbons (Fsp3) is 0.474. The van der Waals surface area contributed by atoms with E-state index in [-0.39, 0.29) is 5.97 Å². The molecule has 0 spiro atoms. The van der Waals surface area contributed by atoms with Crippen LogP contribution in [0.25, 0.3) is 0 Å². The van der Waals surface area contributed by atoms with Gasteiger partial charge >= 0.3 is 13.1 Å². The monoisotopic (exact) mass is 390 g/mol. The molecule has 0 aliphatic heterocycles. The van der Waals surface area contributed by atoms with Crippen molar-refractivity contribution in [1.29, 1.82) is 0 Å². The van der Waals surface area contributed by atoms with Crippen molar-refractivity contribution >= 4 is 30.3 Å². The summed E-state index contributed by atoms with van der Waals surface area (Å²) in [6.45, 7) is 6.74. The van der Waals surface area contributed by atoms with Crippen molar-refractivity contribution in [2.75, 3.05) is 12.4 Å². The second-order valence-electron chi connectivity index (χ2n) is 6.14. The van der Waals surface area contributed by atoms with E-state index in [9.17, 15) is 14.8 Å². The number of unbranched alkanes of at least 4 members (excludes halogenated alkanes) is 1. The van der Waals surface area contributed by atoms with E-state index in [1.54, 1.807) is 30.8 Å². The van der Waals surface area contributed by atoms with Crippen LogP contribution in [0.5, 0.6) is 0 Å². The molecule has 0 unspecified atom stereocenters. The lowest BCUT2D eigenvalue weighted by Gasteiger charge is -2.12. The summed E-state index contributed by atoms with van der Waals surface area (Å²) >= 11 is 1.54. The van der Waals surface area contributed by atoms with Crippen LogP contribution in [0.4, 0.5) is 0 Å². The van der Waals surface area contributed by atoms with Gasteiger partial charge in [-0.3, -0.25) is 0 Å². The molecule has 0 saturated carbocycles. The lowest BCUT2D eigenvalue weighted by molar-refractivity contribution is 0.0509. The van der Waals surface area contributed by atoms with E-state index in [0.29, 0.717) is 29.3 Å². The number of benzene rings is 1. The van der Waals surface area contributed by atoms with Gasteiger partial charge in [0, 0.05) is 13.0 Å². The number of carbonyl (C=O) groups excluding carboxylic acids is 1. The summed E-state index contributed by atoms with van der Waals surface area (Å²) in [5, 5.41) is 19.2. The lowest BCUT2D eigenvalue weighted by Crippen LogP contribution is -2.29. The minimum atomic E-state index is -1.49. The maximum absolute atomic E-state index is 12.6. The van der Waals surface area contributed by atoms with Gasteiger partial charge in [-0.1, -0.05) is 44.5 Å².